The topological polar surface area (TPSA) is 33.1 Å². The first-order valence-corrected chi connectivity index (χ1v) is 5.49. The highest BCUT2D eigenvalue weighted by Crippen LogP contribution is 2.28. The third-order valence-electron chi connectivity index (χ3n) is 2.87. The summed E-state index contributed by atoms with van der Waals surface area (Å²) in [5.74, 6) is 0.285. The molecule has 1 aromatic carbocycles. The minimum absolute atomic E-state index is 0.285. The molecule has 0 aliphatic rings. The molecule has 0 fully saturated rings. The number of benzene rings is 1. The van der Waals surface area contributed by atoms with Crippen molar-refractivity contribution in [2.75, 3.05) is 0 Å². The third-order valence-corrected chi connectivity index (χ3v) is 2.87. The van der Waals surface area contributed by atoms with Crippen LogP contribution in [0.5, 0.6) is 5.75 Å². The molecule has 17 heavy (non-hydrogen) atoms. The molecule has 86 valence electrons. The van der Waals surface area contributed by atoms with Gasteiger partial charge in [0.15, 0.2) is 0 Å². The lowest BCUT2D eigenvalue weighted by atomic mass is 9.97. The maximum absolute atomic E-state index is 9.94. The van der Waals surface area contributed by atoms with Crippen LogP contribution in [0.1, 0.15) is 12.5 Å². The molecule has 0 saturated heterocycles. The number of phenols is 1. The summed E-state index contributed by atoms with van der Waals surface area (Å²) in [5, 5.41) is 10.9. The van der Waals surface area contributed by atoms with E-state index in [1.165, 1.54) is 0 Å². The molecule has 2 rings (SSSR count). The Morgan fingerprint density at radius 3 is 2.76 bits per heavy atom. The summed E-state index contributed by atoms with van der Waals surface area (Å²) in [6.07, 6.45) is 2.35. The molecule has 0 radical (unpaired) electrons. The molecular formula is C15H15NO. The summed E-state index contributed by atoms with van der Waals surface area (Å²) < 4.78 is 0. The molecule has 2 aromatic rings. The largest absolute Gasteiger partial charge is 0.508 e. The summed E-state index contributed by atoms with van der Waals surface area (Å²) in [5.41, 5.74) is 3.61. The number of phenolic OH excluding ortho intramolecular Hbond substituents is 1. The minimum Gasteiger partial charge on any atom is -0.508 e. The number of rotatable bonds is 3. The van der Waals surface area contributed by atoms with Crippen LogP contribution in [0.4, 0.5) is 0 Å². The van der Waals surface area contributed by atoms with E-state index in [1.54, 1.807) is 12.3 Å². The van der Waals surface area contributed by atoms with Crippen LogP contribution in [0, 0.1) is 0 Å². The van der Waals surface area contributed by atoms with Crippen LogP contribution in [0.2, 0.25) is 0 Å². The molecule has 1 heterocycles. The number of hydrogen-bond donors (Lipinski definition) is 1. The van der Waals surface area contributed by atoms with Gasteiger partial charge in [0.1, 0.15) is 5.75 Å². The van der Waals surface area contributed by atoms with Crippen LogP contribution in [0.3, 0.4) is 0 Å². The second-order valence-electron chi connectivity index (χ2n) is 4.19. The first-order valence-electron chi connectivity index (χ1n) is 5.49. The third kappa shape index (κ3) is 2.21. The Morgan fingerprint density at radius 1 is 1.29 bits per heavy atom. The van der Waals surface area contributed by atoms with Gasteiger partial charge < -0.3 is 5.11 Å². The highest BCUT2D eigenvalue weighted by atomic mass is 16.3. The molecule has 0 saturated carbocycles. The summed E-state index contributed by atoms with van der Waals surface area (Å²) in [4.78, 5) is 4.27. The first-order chi connectivity index (χ1) is 8.09. The van der Waals surface area contributed by atoms with Gasteiger partial charge in [0.2, 0.25) is 0 Å². The van der Waals surface area contributed by atoms with E-state index in [2.05, 4.69) is 18.1 Å². The quantitative estimate of drug-likeness (QED) is 0.809. The van der Waals surface area contributed by atoms with E-state index < -0.39 is 0 Å². The number of aromatic hydroxyl groups is 1. The Balaban J connectivity index is 2.55. The molecular weight excluding hydrogens is 210 g/mol. The molecule has 0 aliphatic heterocycles. The normalized spacial score (nSPS) is 10.4. The van der Waals surface area contributed by atoms with Gasteiger partial charge in [0.25, 0.3) is 0 Å². The van der Waals surface area contributed by atoms with E-state index in [0.717, 1.165) is 27.6 Å². The lowest BCUT2D eigenvalue weighted by molar-refractivity contribution is 0.470. The maximum Gasteiger partial charge on any atom is 0.119 e. The predicted octanol–water partition coefficient (Wildman–Crippen LogP) is 3.62. The zero-order valence-electron chi connectivity index (χ0n) is 9.90. The number of allylic oxidation sites excluding steroid dienone is 2. The van der Waals surface area contributed by atoms with Crippen molar-refractivity contribution in [2.24, 2.45) is 0 Å². The summed E-state index contributed by atoms with van der Waals surface area (Å²) in [7, 11) is 0. The SMILES string of the molecule is C=C(C)C(=C)Cc1c(O)ccc2ncccc12. The van der Waals surface area contributed by atoms with Gasteiger partial charge in [-0.05, 0) is 30.7 Å². The van der Waals surface area contributed by atoms with Crippen molar-refractivity contribution in [2.45, 2.75) is 13.3 Å². The molecule has 2 heteroatoms. The van der Waals surface area contributed by atoms with Gasteiger partial charge >= 0.3 is 0 Å². The second kappa shape index (κ2) is 4.42. The van der Waals surface area contributed by atoms with Crippen LogP contribution in [-0.2, 0) is 6.42 Å². The molecule has 0 bridgehead atoms. The number of aromatic nitrogens is 1. The van der Waals surface area contributed by atoms with Crippen molar-refractivity contribution in [3.63, 3.8) is 0 Å². The zero-order chi connectivity index (χ0) is 12.4. The summed E-state index contributed by atoms with van der Waals surface area (Å²) in [6.45, 7) is 9.75. The fraction of sp³-hybridized carbons (Fsp3) is 0.133. The van der Waals surface area contributed by atoms with Gasteiger partial charge in [-0.15, -0.1) is 0 Å². The van der Waals surface area contributed by atoms with E-state index >= 15 is 0 Å². The van der Waals surface area contributed by atoms with Gasteiger partial charge in [-0.2, -0.15) is 0 Å². The van der Waals surface area contributed by atoms with Gasteiger partial charge in [-0.1, -0.05) is 24.8 Å². The van der Waals surface area contributed by atoms with Gasteiger partial charge in [-0.25, -0.2) is 0 Å². The Hall–Kier alpha value is -2.09. The first kappa shape index (κ1) is 11.4. The van der Waals surface area contributed by atoms with Crippen molar-refractivity contribution < 1.29 is 5.11 Å². The van der Waals surface area contributed by atoms with Crippen LogP contribution < -0.4 is 0 Å². The molecule has 0 unspecified atom stereocenters. The van der Waals surface area contributed by atoms with Crippen LogP contribution in [0.15, 0.2) is 54.8 Å². The fourth-order valence-corrected chi connectivity index (χ4v) is 1.75. The molecule has 1 N–H and O–H groups in total. The van der Waals surface area contributed by atoms with Gasteiger partial charge in [-0.3, -0.25) is 4.98 Å². The average Bonchev–Trinajstić information content (AvgIpc) is 2.32. The summed E-state index contributed by atoms with van der Waals surface area (Å²) in [6, 6.07) is 7.33. The highest BCUT2D eigenvalue weighted by molar-refractivity contribution is 5.84. The fourth-order valence-electron chi connectivity index (χ4n) is 1.75. The van der Waals surface area contributed by atoms with E-state index in [-0.39, 0.29) is 5.75 Å². The molecule has 0 spiro atoms. The molecule has 1 aromatic heterocycles. The number of hydrogen-bond acceptors (Lipinski definition) is 2. The van der Waals surface area contributed by atoms with Crippen molar-refractivity contribution in [3.8, 4) is 5.75 Å². The molecule has 0 atom stereocenters. The number of fused-ring (bicyclic) bond motifs is 1. The minimum atomic E-state index is 0.285. The van der Waals surface area contributed by atoms with Crippen LogP contribution in [-0.4, -0.2) is 10.1 Å². The number of nitrogens with zero attached hydrogens (tertiary/aromatic N) is 1. The van der Waals surface area contributed by atoms with Crippen LogP contribution >= 0.6 is 0 Å². The van der Waals surface area contributed by atoms with Crippen molar-refractivity contribution in [1.29, 1.82) is 0 Å². The Kier molecular flexibility index (Phi) is 2.96. The van der Waals surface area contributed by atoms with Crippen molar-refractivity contribution >= 4 is 10.9 Å². The van der Waals surface area contributed by atoms with Gasteiger partial charge in [0.05, 0.1) is 5.52 Å². The van der Waals surface area contributed by atoms with E-state index in [0.29, 0.717) is 6.42 Å². The molecule has 0 amide bonds. The maximum atomic E-state index is 9.94. The van der Waals surface area contributed by atoms with E-state index in [9.17, 15) is 5.11 Å². The average molecular weight is 225 g/mol. The Morgan fingerprint density at radius 2 is 2.06 bits per heavy atom. The van der Waals surface area contributed by atoms with E-state index in [4.69, 9.17) is 0 Å². The zero-order valence-corrected chi connectivity index (χ0v) is 9.90. The molecule has 2 nitrogen and oxygen atoms in total. The monoisotopic (exact) mass is 225 g/mol. The van der Waals surface area contributed by atoms with Gasteiger partial charge in [0, 0.05) is 23.6 Å². The standard InChI is InChI=1S/C15H15NO/c1-10(2)11(3)9-13-12-5-4-8-16-14(12)6-7-15(13)17/h4-8,17H,1,3,9H2,2H3. The predicted molar refractivity (Wildman–Crippen MR) is 71.1 cm³/mol. The van der Waals surface area contributed by atoms with Crippen molar-refractivity contribution in [3.05, 3.63) is 60.3 Å². The molecule has 0 aliphatic carbocycles. The van der Waals surface area contributed by atoms with E-state index in [1.807, 2.05) is 25.1 Å². The lowest BCUT2D eigenvalue weighted by Gasteiger charge is -2.10. The van der Waals surface area contributed by atoms with Crippen molar-refractivity contribution in [1.82, 2.24) is 4.98 Å². The lowest BCUT2D eigenvalue weighted by Crippen LogP contribution is -1.93. The summed E-state index contributed by atoms with van der Waals surface area (Å²) >= 11 is 0. The Bertz CT molecular complexity index is 599. The highest BCUT2D eigenvalue weighted by Gasteiger charge is 2.09. The smallest absolute Gasteiger partial charge is 0.119 e. The number of pyridine rings is 1. The Labute approximate surface area is 101 Å². The van der Waals surface area contributed by atoms with Crippen LogP contribution in [0.25, 0.3) is 10.9 Å². The second-order valence-corrected chi connectivity index (χ2v) is 4.19.